The zero-order valence-electron chi connectivity index (χ0n) is 13.8. The number of pyridine rings is 1. The molecule has 5 rings (SSSR count). The van der Waals surface area contributed by atoms with Gasteiger partial charge in [0.25, 0.3) is 5.56 Å². The lowest BCUT2D eigenvalue weighted by Crippen LogP contribution is -2.05. The second-order valence-electron chi connectivity index (χ2n) is 6.00. The molecule has 0 radical (unpaired) electrons. The average molecular weight is 414 g/mol. The van der Waals surface area contributed by atoms with Crippen molar-refractivity contribution in [3.63, 3.8) is 0 Å². The van der Waals surface area contributed by atoms with Crippen LogP contribution in [0.5, 0.6) is 5.88 Å². The van der Waals surface area contributed by atoms with Gasteiger partial charge >= 0.3 is 0 Å². The highest BCUT2D eigenvalue weighted by molar-refractivity contribution is 7.99. The van der Waals surface area contributed by atoms with E-state index in [9.17, 15) is 14.3 Å². The van der Waals surface area contributed by atoms with Crippen LogP contribution >= 0.6 is 23.4 Å². The third kappa shape index (κ3) is 2.51. The Morgan fingerprint density at radius 2 is 2.04 bits per heavy atom. The van der Waals surface area contributed by atoms with Crippen LogP contribution in [-0.4, -0.2) is 30.3 Å². The van der Waals surface area contributed by atoms with E-state index in [1.165, 1.54) is 24.5 Å². The van der Waals surface area contributed by atoms with Crippen LogP contribution < -0.4 is 5.56 Å². The largest absolute Gasteiger partial charge is 0.491 e. The van der Waals surface area contributed by atoms with Crippen molar-refractivity contribution < 1.29 is 9.50 Å². The zero-order valence-corrected chi connectivity index (χ0v) is 15.4. The van der Waals surface area contributed by atoms with Crippen molar-refractivity contribution in [3.8, 4) is 5.88 Å². The molecule has 0 aliphatic rings. The molecule has 3 N–H and O–H groups in total. The summed E-state index contributed by atoms with van der Waals surface area (Å²) in [5, 5.41) is 19.8. The van der Waals surface area contributed by atoms with Crippen molar-refractivity contribution in [2.45, 2.75) is 10.1 Å². The molecule has 3 aromatic heterocycles. The molecule has 10 heteroatoms. The summed E-state index contributed by atoms with van der Waals surface area (Å²) in [6.45, 7) is 0. The number of nitrogens with zero attached hydrogens (tertiary/aromatic N) is 3. The van der Waals surface area contributed by atoms with Gasteiger partial charge in [0.2, 0.25) is 5.88 Å². The Labute approximate surface area is 164 Å². The van der Waals surface area contributed by atoms with Crippen LogP contribution in [0.25, 0.3) is 32.6 Å². The van der Waals surface area contributed by atoms with Crippen molar-refractivity contribution in [2.75, 3.05) is 0 Å². The molecule has 28 heavy (non-hydrogen) atoms. The first-order valence-electron chi connectivity index (χ1n) is 8.03. The molecular formula is C18H9ClFN5O2S. The first-order valence-corrected chi connectivity index (χ1v) is 9.22. The second-order valence-corrected chi connectivity index (χ2v) is 7.40. The maximum atomic E-state index is 13.9. The molecular weight excluding hydrogens is 405 g/mol. The minimum atomic E-state index is -0.443. The van der Waals surface area contributed by atoms with E-state index in [4.69, 9.17) is 11.6 Å². The van der Waals surface area contributed by atoms with Crippen molar-refractivity contribution >= 4 is 55.9 Å². The number of aromatic amines is 2. The lowest BCUT2D eigenvalue weighted by atomic mass is 10.0. The summed E-state index contributed by atoms with van der Waals surface area (Å²) in [6.07, 6.45) is 2.84. The number of hydrogen-bond donors (Lipinski definition) is 3. The Kier molecular flexibility index (Phi) is 3.74. The normalized spacial score (nSPS) is 11.6. The Morgan fingerprint density at radius 1 is 1.18 bits per heavy atom. The van der Waals surface area contributed by atoms with Gasteiger partial charge in [-0.1, -0.05) is 11.6 Å². The van der Waals surface area contributed by atoms with Gasteiger partial charge in [-0.15, -0.1) is 5.10 Å². The van der Waals surface area contributed by atoms with Crippen molar-refractivity contribution in [3.05, 3.63) is 57.9 Å². The summed E-state index contributed by atoms with van der Waals surface area (Å²) in [5.74, 6) is -0.757. The molecule has 0 fully saturated rings. The summed E-state index contributed by atoms with van der Waals surface area (Å²) in [5.41, 5.74) is 0.881. The number of hydrogen-bond acceptors (Lipinski definition) is 6. The van der Waals surface area contributed by atoms with Gasteiger partial charge in [0.15, 0.2) is 5.16 Å². The Hall–Kier alpha value is -3.17. The number of halogens is 2. The summed E-state index contributed by atoms with van der Waals surface area (Å²) >= 11 is 7.17. The van der Waals surface area contributed by atoms with Crippen molar-refractivity contribution in [1.29, 1.82) is 0 Å². The first-order chi connectivity index (χ1) is 13.5. The zero-order chi connectivity index (χ0) is 19.4. The molecule has 2 aromatic carbocycles. The van der Waals surface area contributed by atoms with Crippen LogP contribution in [0.1, 0.15) is 0 Å². The number of aromatic hydroxyl groups is 1. The standard InChI is InChI=1S/C18H9ClFN5O2S/c19-11-6-22-25-17(27)15(11)28-18-23-13-8-2-1-7(20)5-10(8)12-9(14(13)24-18)3-4-21-16(12)26/h1-6H,(H,21,26)(H,23,24)(H,25,27). The molecule has 3 heterocycles. The topological polar surface area (TPSA) is 108 Å². The monoisotopic (exact) mass is 413 g/mol. The number of nitrogens with one attached hydrogen (secondary N) is 2. The fraction of sp³-hybridized carbons (Fsp3) is 0. The fourth-order valence-electron chi connectivity index (χ4n) is 3.21. The van der Waals surface area contributed by atoms with Crippen molar-refractivity contribution in [2.24, 2.45) is 0 Å². The molecule has 0 bridgehead atoms. The van der Waals surface area contributed by atoms with E-state index >= 15 is 0 Å². The molecule has 0 saturated carbocycles. The summed E-state index contributed by atoms with van der Waals surface area (Å²) in [4.78, 5) is 23.1. The average Bonchev–Trinajstić information content (AvgIpc) is 3.09. The molecule has 0 saturated heterocycles. The lowest BCUT2D eigenvalue weighted by Gasteiger charge is -2.05. The fourth-order valence-corrected chi connectivity index (χ4v) is 4.22. The number of rotatable bonds is 2. The van der Waals surface area contributed by atoms with Gasteiger partial charge in [0.1, 0.15) is 5.82 Å². The molecule has 0 unspecified atom stereocenters. The van der Waals surface area contributed by atoms with Gasteiger partial charge in [-0.2, -0.15) is 5.10 Å². The molecule has 0 amide bonds. The molecule has 0 aliphatic carbocycles. The minimum absolute atomic E-state index is 0.228. The van der Waals surface area contributed by atoms with Crippen LogP contribution in [0.15, 0.2) is 51.5 Å². The van der Waals surface area contributed by atoms with E-state index in [2.05, 4.69) is 25.1 Å². The Balaban J connectivity index is 1.85. The Morgan fingerprint density at radius 3 is 2.86 bits per heavy atom. The number of benzene rings is 2. The van der Waals surface area contributed by atoms with Gasteiger partial charge in [-0.25, -0.2) is 9.37 Å². The number of fused-ring (bicyclic) bond motifs is 6. The van der Waals surface area contributed by atoms with E-state index in [0.29, 0.717) is 42.6 Å². The summed E-state index contributed by atoms with van der Waals surface area (Å²) < 4.78 is 13.9. The second kappa shape index (κ2) is 6.18. The van der Waals surface area contributed by atoms with Gasteiger partial charge < -0.3 is 15.1 Å². The maximum absolute atomic E-state index is 13.9. The van der Waals surface area contributed by atoms with Crippen LogP contribution in [0.3, 0.4) is 0 Å². The van der Waals surface area contributed by atoms with Crippen LogP contribution in [0, 0.1) is 5.82 Å². The van der Waals surface area contributed by atoms with Crippen LogP contribution in [0.4, 0.5) is 4.39 Å². The number of imidazole rings is 1. The highest BCUT2D eigenvalue weighted by Gasteiger charge is 2.18. The van der Waals surface area contributed by atoms with E-state index in [0.717, 1.165) is 11.8 Å². The molecule has 7 nitrogen and oxygen atoms in total. The van der Waals surface area contributed by atoms with E-state index in [-0.39, 0.29) is 16.5 Å². The quantitative estimate of drug-likeness (QED) is 0.377. The predicted molar refractivity (Wildman–Crippen MR) is 105 cm³/mol. The SMILES string of the molecule is O=c1[nH]ccc2c3[nH]c(Sc4c(Cl)cnnc4O)nc3c3ccc(F)cc3c12. The predicted octanol–water partition coefficient (Wildman–Crippen LogP) is 4.00. The van der Waals surface area contributed by atoms with Crippen LogP contribution in [-0.2, 0) is 0 Å². The molecule has 5 aromatic rings. The van der Waals surface area contributed by atoms with Gasteiger partial charge in [0.05, 0.1) is 32.5 Å². The number of aromatic nitrogens is 5. The smallest absolute Gasteiger partial charge is 0.256 e. The first kappa shape index (κ1) is 17.0. The van der Waals surface area contributed by atoms with E-state index in [1.807, 2.05) is 0 Å². The third-order valence-electron chi connectivity index (χ3n) is 4.36. The maximum Gasteiger partial charge on any atom is 0.256 e. The number of H-pyrrole nitrogens is 2. The molecule has 138 valence electrons. The summed E-state index contributed by atoms with van der Waals surface area (Å²) in [7, 11) is 0. The van der Waals surface area contributed by atoms with Gasteiger partial charge in [-0.05, 0) is 36.0 Å². The van der Waals surface area contributed by atoms with Crippen LogP contribution in [0.2, 0.25) is 5.02 Å². The lowest BCUT2D eigenvalue weighted by molar-refractivity contribution is 0.431. The summed E-state index contributed by atoms with van der Waals surface area (Å²) in [6, 6.07) is 5.96. The van der Waals surface area contributed by atoms with Gasteiger partial charge in [0, 0.05) is 22.4 Å². The van der Waals surface area contributed by atoms with E-state index in [1.54, 1.807) is 12.1 Å². The molecule has 0 aliphatic heterocycles. The third-order valence-corrected chi connectivity index (χ3v) is 5.75. The van der Waals surface area contributed by atoms with Crippen molar-refractivity contribution in [1.82, 2.24) is 25.1 Å². The minimum Gasteiger partial charge on any atom is -0.491 e. The highest BCUT2D eigenvalue weighted by atomic mass is 35.5. The Bertz CT molecular complexity index is 1450. The molecule has 0 atom stereocenters. The molecule has 0 spiro atoms. The van der Waals surface area contributed by atoms with E-state index < -0.39 is 5.82 Å². The van der Waals surface area contributed by atoms with Gasteiger partial charge in [-0.3, -0.25) is 4.79 Å². The highest BCUT2D eigenvalue weighted by Crippen LogP contribution is 2.39.